The predicted octanol–water partition coefficient (Wildman–Crippen LogP) is 3.52. The molecule has 0 radical (unpaired) electrons. The highest BCUT2D eigenvalue weighted by molar-refractivity contribution is 14.1. The number of hydrogen-bond donors (Lipinski definition) is 1. The second-order valence-corrected chi connectivity index (χ2v) is 6.27. The van der Waals surface area contributed by atoms with Gasteiger partial charge in [-0.2, -0.15) is 0 Å². The Morgan fingerprint density at radius 3 is 2.39 bits per heavy atom. The summed E-state index contributed by atoms with van der Waals surface area (Å²) < 4.78 is 6.66. The molecule has 1 atom stereocenters. The molecular weight excluding hydrogens is 341 g/mol. The molecule has 0 aromatic carbocycles. The molecule has 1 rings (SSSR count). The number of ether oxygens (including phenoxy) is 1. The fraction of sp³-hybridized carbons (Fsp3) is 0.692. The average molecular weight is 363 g/mol. The smallest absolute Gasteiger partial charge is 0.159 e. The average Bonchev–Trinajstić information content (AvgIpc) is 2.28. The first kappa shape index (κ1) is 15.6. The molecule has 1 N–H and O–H groups in total. The summed E-state index contributed by atoms with van der Waals surface area (Å²) in [7, 11) is 1.88. The maximum atomic E-state index is 5.58. The van der Waals surface area contributed by atoms with Gasteiger partial charge in [-0.3, -0.25) is 0 Å². The number of rotatable bonds is 4. The Kier molecular flexibility index (Phi) is 5.33. The Hall–Kier alpha value is -0.430. The third kappa shape index (κ3) is 3.54. The van der Waals surface area contributed by atoms with E-state index >= 15 is 0 Å². The predicted molar refractivity (Wildman–Crippen MR) is 83.0 cm³/mol. The molecule has 1 aromatic rings. The standard InChI is InChI=1S/C13H22IN3O/c1-7-18-8(2)11-16-10(13(3,4)5)9(14)12(15-6)17-11/h8H,7H2,1-6H3,(H,15,16,17). The SMILES string of the molecule is CCOC(C)c1nc(NC)c(I)c(C(C)(C)C)n1. The van der Waals surface area contributed by atoms with Crippen LogP contribution < -0.4 is 5.32 Å². The van der Waals surface area contributed by atoms with Crippen molar-refractivity contribution in [3.05, 3.63) is 15.1 Å². The van der Waals surface area contributed by atoms with E-state index in [0.29, 0.717) is 6.61 Å². The monoisotopic (exact) mass is 363 g/mol. The molecule has 1 aromatic heterocycles. The van der Waals surface area contributed by atoms with Gasteiger partial charge >= 0.3 is 0 Å². The molecule has 18 heavy (non-hydrogen) atoms. The number of anilines is 1. The van der Waals surface area contributed by atoms with Crippen LogP contribution in [-0.2, 0) is 10.2 Å². The highest BCUT2D eigenvalue weighted by Gasteiger charge is 2.24. The Bertz CT molecular complexity index is 415. The van der Waals surface area contributed by atoms with E-state index in [1.54, 1.807) is 0 Å². The van der Waals surface area contributed by atoms with E-state index in [-0.39, 0.29) is 11.5 Å². The minimum absolute atomic E-state index is 0.00819. The van der Waals surface area contributed by atoms with Gasteiger partial charge < -0.3 is 10.1 Å². The summed E-state index contributed by atoms with van der Waals surface area (Å²) in [6.45, 7) is 11.1. The van der Waals surface area contributed by atoms with Crippen molar-refractivity contribution in [2.75, 3.05) is 19.0 Å². The zero-order valence-electron chi connectivity index (χ0n) is 12.0. The highest BCUT2D eigenvalue weighted by Crippen LogP contribution is 2.30. The molecule has 1 heterocycles. The van der Waals surface area contributed by atoms with Crippen molar-refractivity contribution in [1.82, 2.24) is 9.97 Å². The molecule has 0 aliphatic rings. The summed E-state index contributed by atoms with van der Waals surface area (Å²) in [5.41, 5.74) is 1.05. The quantitative estimate of drug-likeness (QED) is 0.832. The molecule has 0 spiro atoms. The maximum absolute atomic E-state index is 5.58. The maximum Gasteiger partial charge on any atom is 0.159 e. The van der Waals surface area contributed by atoms with Crippen LogP contribution in [0.3, 0.4) is 0 Å². The summed E-state index contributed by atoms with van der Waals surface area (Å²) in [4.78, 5) is 9.22. The van der Waals surface area contributed by atoms with Crippen molar-refractivity contribution in [2.45, 2.75) is 46.1 Å². The molecular formula is C13H22IN3O. The van der Waals surface area contributed by atoms with E-state index in [0.717, 1.165) is 20.9 Å². The topological polar surface area (TPSA) is 47.0 Å². The van der Waals surface area contributed by atoms with Crippen LogP contribution in [0, 0.1) is 3.57 Å². The van der Waals surface area contributed by atoms with Crippen molar-refractivity contribution < 1.29 is 4.74 Å². The Morgan fingerprint density at radius 2 is 1.94 bits per heavy atom. The van der Waals surface area contributed by atoms with Gasteiger partial charge in [-0.15, -0.1) is 0 Å². The largest absolute Gasteiger partial charge is 0.372 e. The van der Waals surface area contributed by atoms with Gasteiger partial charge in [0.05, 0.1) is 9.26 Å². The first-order valence-electron chi connectivity index (χ1n) is 6.18. The second kappa shape index (κ2) is 6.14. The molecule has 0 bridgehead atoms. The van der Waals surface area contributed by atoms with Crippen molar-refractivity contribution in [3.63, 3.8) is 0 Å². The van der Waals surface area contributed by atoms with E-state index in [1.807, 2.05) is 20.9 Å². The Labute approximate surface area is 123 Å². The molecule has 0 saturated heterocycles. The Balaban J connectivity index is 3.31. The normalized spacial score (nSPS) is 13.5. The summed E-state index contributed by atoms with van der Waals surface area (Å²) in [5, 5.41) is 3.13. The molecule has 5 heteroatoms. The second-order valence-electron chi connectivity index (χ2n) is 5.19. The van der Waals surface area contributed by atoms with Gasteiger partial charge in [0, 0.05) is 19.1 Å². The van der Waals surface area contributed by atoms with Crippen LogP contribution >= 0.6 is 22.6 Å². The van der Waals surface area contributed by atoms with Crippen LogP contribution in [0.15, 0.2) is 0 Å². The third-order valence-corrected chi connectivity index (χ3v) is 3.62. The van der Waals surface area contributed by atoms with E-state index in [1.165, 1.54) is 0 Å². The molecule has 0 fully saturated rings. The fourth-order valence-electron chi connectivity index (χ4n) is 1.63. The molecule has 4 nitrogen and oxygen atoms in total. The van der Waals surface area contributed by atoms with Gasteiger partial charge in [0.1, 0.15) is 11.9 Å². The summed E-state index contributed by atoms with van der Waals surface area (Å²) in [6, 6.07) is 0. The van der Waals surface area contributed by atoms with Gasteiger partial charge in [-0.05, 0) is 36.4 Å². The van der Waals surface area contributed by atoms with Crippen LogP contribution in [0.4, 0.5) is 5.82 Å². The number of nitrogens with zero attached hydrogens (tertiary/aromatic N) is 2. The molecule has 102 valence electrons. The van der Waals surface area contributed by atoms with Gasteiger partial charge in [0.15, 0.2) is 5.82 Å². The molecule has 0 aliphatic carbocycles. The van der Waals surface area contributed by atoms with E-state index in [4.69, 9.17) is 4.74 Å². The lowest BCUT2D eigenvalue weighted by Crippen LogP contribution is -2.20. The first-order valence-corrected chi connectivity index (χ1v) is 7.26. The zero-order valence-corrected chi connectivity index (χ0v) is 14.1. The summed E-state index contributed by atoms with van der Waals surface area (Å²) in [5.74, 6) is 1.61. The van der Waals surface area contributed by atoms with Crippen molar-refractivity contribution in [2.24, 2.45) is 0 Å². The summed E-state index contributed by atoms with van der Waals surface area (Å²) in [6.07, 6.45) is -0.0831. The fourth-order valence-corrected chi connectivity index (χ4v) is 2.95. The number of halogens is 1. The number of nitrogens with one attached hydrogen (secondary N) is 1. The van der Waals surface area contributed by atoms with Gasteiger partial charge in [-0.1, -0.05) is 20.8 Å². The Morgan fingerprint density at radius 1 is 1.33 bits per heavy atom. The van der Waals surface area contributed by atoms with Crippen LogP contribution in [0.1, 0.15) is 52.2 Å². The van der Waals surface area contributed by atoms with Crippen molar-refractivity contribution in [1.29, 1.82) is 0 Å². The van der Waals surface area contributed by atoms with Crippen LogP contribution in [0.5, 0.6) is 0 Å². The highest BCUT2D eigenvalue weighted by atomic mass is 127. The van der Waals surface area contributed by atoms with Gasteiger partial charge in [-0.25, -0.2) is 9.97 Å². The lowest BCUT2D eigenvalue weighted by molar-refractivity contribution is 0.0698. The minimum atomic E-state index is -0.0831. The summed E-state index contributed by atoms with van der Waals surface area (Å²) >= 11 is 2.30. The first-order chi connectivity index (χ1) is 8.31. The number of hydrogen-bond acceptors (Lipinski definition) is 4. The lowest BCUT2D eigenvalue weighted by atomic mass is 9.92. The van der Waals surface area contributed by atoms with E-state index in [2.05, 4.69) is 58.6 Å². The number of aromatic nitrogens is 2. The molecule has 0 saturated carbocycles. The van der Waals surface area contributed by atoms with Crippen molar-refractivity contribution in [3.8, 4) is 0 Å². The molecule has 1 unspecified atom stereocenters. The van der Waals surface area contributed by atoms with Crippen LogP contribution in [0.2, 0.25) is 0 Å². The van der Waals surface area contributed by atoms with Gasteiger partial charge in [0.25, 0.3) is 0 Å². The molecule has 0 aliphatic heterocycles. The van der Waals surface area contributed by atoms with Crippen LogP contribution in [-0.4, -0.2) is 23.6 Å². The van der Waals surface area contributed by atoms with Gasteiger partial charge in [0.2, 0.25) is 0 Å². The molecule has 0 amide bonds. The van der Waals surface area contributed by atoms with Crippen molar-refractivity contribution >= 4 is 28.4 Å². The van der Waals surface area contributed by atoms with E-state index in [9.17, 15) is 0 Å². The van der Waals surface area contributed by atoms with Crippen LogP contribution in [0.25, 0.3) is 0 Å². The zero-order chi connectivity index (χ0) is 13.9. The minimum Gasteiger partial charge on any atom is -0.372 e. The lowest BCUT2D eigenvalue weighted by Gasteiger charge is -2.23. The van der Waals surface area contributed by atoms with E-state index < -0.39 is 0 Å². The third-order valence-electron chi connectivity index (χ3n) is 2.60.